The van der Waals surface area contributed by atoms with Crippen molar-refractivity contribution in [3.05, 3.63) is 84.9 Å². The first-order valence-corrected chi connectivity index (χ1v) is 13.3. The summed E-state index contributed by atoms with van der Waals surface area (Å²) in [4.78, 5) is 1.42. The van der Waals surface area contributed by atoms with E-state index >= 15 is 0 Å². The minimum atomic E-state index is -4.48. The number of hydrogen-bond acceptors (Lipinski definition) is 3. The van der Waals surface area contributed by atoms with Crippen LogP contribution in [0.15, 0.2) is 94.7 Å². The molecule has 0 unspecified atom stereocenters. The quantitative estimate of drug-likeness (QED) is 0.191. The maximum absolute atomic E-state index is 11.4. The van der Waals surface area contributed by atoms with Gasteiger partial charge in [0.25, 0.3) is 0 Å². The van der Waals surface area contributed by atoms with E-state index in [4.69, 9.17) is 0 Å². The normalized spacial score (nSPS) is 14.9. The lowest BCUT2D eigenvalue weighted by atomic mass is 9.94. The lowest BCUT2D eigenvalue weighted by Crippen LogP contribution is -2.02. The van der Waals surface area contributed by atoms with Crippen molar-refractivity contribution in [2.24, 2.45) is 0 Å². The van der Waals surface area contributed by atoms with Crippen LogP contribution in [-0.4, -0.2) is 24.5 Å². The molecule has 0 aliphatic carbocycles. The summed E-state index contributed by atoms with van der Waals surface area (Å²) in [7, 11) is -3.87. The molecule has 5 aromatic carbocycles. The monoisotopic (exact) mass is 446 g/mol. The molecule has 1 fully saturated rings. The van der Waals surface area contributed by atoms with Gasteiger partial charge in [-0.15, -0.1) is 0 Å². The van der Waals surface area contributed by atoms with Gasteiger partial charge in [0, 0.05) is 16.3 Å². The highest BCUT2D eigenvalue weighted by Gasteiger charge is 2.25. The predicted octanol–water partition coefficient (Wildman–Crippen LogP) is 5.95. The summed E-state index contributed by atoms with van der Waals surface area (Å²) < 4.78 is 34.3. The Morgan fingerprint density at radius 3 is 1.87 bits per heavy atom. The fourth-order valence-electron chi connectivity index (χ4n) is 4.43. The Balaban J connectivity index is 0.000000157. The van der Waals surface area contributed by atoms with Crippen molar-refractivity contribution in [3.8, 4) is 0 Å². The van der Waals surface area contributed by atoms with E-state index < -0.39 is 10.1 Å². The molecule has 0 bridgehead atoms. The van der Waals surface area contributed by atoms with E-state index in [0.29, 0.717) is 16.3 Å². The van der Waals surface area contributed by atoms with E-state index in [-0.39, 0.29) is 4.90 Å². The van der Waals surface area contributed by atoms with Gasteiger partial charge in [0.1, 0.15) is 21.6 Å². The Kier molecular flexibility index (Phi) is 5.34. The van der Waals surface area contributed by atoms with Crippen molar-refractivity contribution in [3.63, 3.8) is 0 Å². The third-order valence-electron chi connectivity index (χ3n) is 5.87. The summed E-state index contributed by atoms with van der Waals surface area (Å²) in [6.45, 7) is 0. The van der Waals surface area contributed by atoms with E-state index in [1.54, 1.807) is 17.0 Å². The second-order valence-corrected chi connectivity index (χ2v) is 11.4. The molecule has 6 rings (SSSR count). The van der Waals surface area contributed by atoms with Gasteiger partial charge in [-0.3, -0.25) is 0 Å². The van der Waals surface area contributed by atoms with Crippen molar-refractivity contribution >= 4 is 53.3 Å². The highest BCUT2D eigenvalue weighted by atomic mass is 32.2. The average molecular weight is 447 g/mol. The molecule has 5 heteroatoms. The number of hydrogen-bond donors (Lipinski definition) is 0. The second kappa shape index (κ2) is 8.15. The molecule has 0 N–H and O–H groups in total. The number of rotatable bonds is 2. The van der Waals surface area contributed by atoms with Gasteiger partial charge in [0.2, 0.25) is 0 Å². The zero-order chi connectivity index (χ0) is 21.4. The third-order valence-corrected chi connectivity index (χ3v) is 9.26. The lowest BCUT2D eigenvalue weighted by molar-refractivity contribution is 0.464. The van der Waals surface area contributed by atoms with Crippen LogP contribution in [0.3, 0.4) is 0 Å². The molecule has 0 aromatic heterocycles. The zero-order valence-corrected chi connectivity index (χ0v) is 18.6. The molecule has 1 heterocycles. The van der Waals surface area contributed by atoms with Gasteiger partial charge < -0.3 is 4.55 Å². The van der Waals surface area contributed by atoms with Crippen molar-refractivity contribution in [2.45, 2.75) is 22.6 Å². The van der Waals surface area contributed by atoms with E-state index in [0.717, 1.165) is 26.9 Å². The first kappa shape index (κ1) is 20.3. The number of benzene rings is 5. The smallest absolute Gasteiger partial charge is 0.154 e. The Hall–Kier alpha value is -2.60. The van der Waals surface area contributed by atoms with E-state index in [1.807, 2.05) is 36.4 Å². The van der Waals surface area contributed by atoms with Crippen LogP contribution in [0.1, 0.15) is 12.8 Å². The highest BCUT2D eigenvalue weighted by molar-refractivity contribution is 7.97. The summed E-state index contributed by atoms with van der Waals surface area (Å²) in [5.74, 6) is 2.87. The van der Waals surface area contributed by atoms with Gasteiger partial charge in [-0.2, -0.15) is 0 Å². The molecule has 0 atom stereocenters. The van der Waals surface area contributed by atoms with Gasteiger partial charge in [-0.05, 0) is 58.0 Å². The lowest BCUT2D eigenvalue weighted by Gasteiger charge is -2.15. The van der Waals surface area contributed by atoms with Crippen LogP contribution in [0.2, 0.25) is 0 Å². The Bertz CT molecular complexity index is 1440. The molecule has 0 radical (unpaired) electrons. The van der Waals surface area contributed by atoms with Crippen molar-refractivity contribution < 1.29 is 13.0 Å². The molecule has 1 aliphatic heterocycles. The van der Waals surface area contributed by atoms with Gasteiger partial charge >= 0.3 is 0 Å². The molecule has 1 aliphatic rings. The molecule has 0 saturated carbocycles. The van der Waals surface area contributed by atoms with E-state index in [9.17, 15) is 13.0 Å². The van der Waals surface area contributed by atoms with Crippen molar-refractivity contribution in [1.29, 1.82) is 0 Å². The summed E-state index contributed by atoms with van der Waals surface area (Å²) in [5, 5.41) is 5.38. The Labute approximate surface area is 185 Å². The standard InChI is InChI=1S/C16H10O3S.C10H13S/c17-20(18,19)14-9-7-12-5-4-10-2-1-3-11-6-8-13(14)16(12)15(10)11;1-2-6-10(7-3-1)11-8-4-5-9-11/h1-9H,(H,17,18,19);1-3,6-7H,4-5,8-9H2/q;+1/p-1. The van der Waals surface area contributed by atoms with Gasteiger partial charge in [-0.25, -0.2) is 8.42 Å². The molecule has 0 spiro atoms. The van der Waals surface area contributed by atoms with Gasteiger partial charge in [0.15, 0.2) is 4.90 Å². The molecule has 156 valence electrons. The Morgan fingerprint density at radius 1 is 0.645 bits per heavy atom. The first-order valence-electron chi connectivity index (χ1n) is 10.4. The maximum Gasteiger partial charge on any atom is 0.154 e. The molecular weight excluding hydrogens is 424 g/mol. The summed E-state index contributed by atoms with van der Waals surface area (Å²) in [5.41, 5.74) is 0. The van der Waals surface area contributed by atoms with Crippen molar-refractivity contribution in [2.75, 3.05) is 11.5 Å². The average Bonchev–Trinajstić information content (AvgIpc) is 3.33. The second-order valence-electron chi connectivity index (χ2n) is 7.80. The van der Waals surface area contributed by atoms with Crippen LogP contribution in [0.25, 0.3) is 32.3 Å². The highest BCUT2D eigenvalue weighted by Crippen LogP contribution is 2.37. The fraction of sp³-hybridized carbons (Fsp3) is 0.154. The summed E-state index contributed by atoms with van der Waals surface area (Å²) >= 11 is 0. The van der Waals surface area contributed by atoms with Crippen LogP contribution in [0.5, 0.6) is 0 Å². The Morgan fingerprint density at radius 2 is 1.23 bits per heavy atom. The van der Waals surface area contributed by atoms with Crippen LogP contribution in [0.4, 0.5) is 0 Å². The predicted molar refractivity (Wildman–Crippen MR) is 129 cm³/mol. The third kappa shape index (κ3) is 3.89. The molecule has 1 saturated heterocycles. The molecule has 31 heavy (non-hydrogen) atoms. The van der Waals surface area contributed by atoms with Crippen LogP contribution in [-0.2, 0) is 21.0 Å². The van der Waals surface area contributed by atoms with Gasteiger partial charge in [0.05, 0.1) is 4.90 Å². The minimum absolute atomic E-state index is 0.150. The molecular formula is C26H22O3S2. The van der Waals surface area contributed by atoms with Crippen molar-refractivity contribution in [1.82, 2.24) is 0 Å². The summed E-state index contributed by atoms with van der Waals surface area (Å²) in [6.07, 6.45) is 2.88. The van der Waals surface area contributed by atoms with Gasteiger partial charge in [-0.1, -0.05) is 66.7 Å². The van der Waals surface area contributed by atoms with Crippen LogP contribution < -0.4 is 0 Å². The molecule has 5 aromatic rings. The van der Waals surface area contributed by atoms with E-state index in [2.05, 4.69) is 30.3 Å². The SMILES string of the molecule is O=S(=O)([O-])c1ccc2ccc3cccc4ccc1c2c34.c1ccc([S+]2CCCC2)cc1. The molecule has 3 nitrogen and oxygen atoms in total. The fourth-order valence-corrected chi connectivity index (χ4v) is 7.43. The minimum Gasteiger partial charge on any atom is -0.744 e. The van der Waals surface area contributed by atoms with Crippen LogP contribution >= 0.6 is 0 Å². The summed E-state index contributed by atoms with van der Waals surface area (Å²) in [6, 6.07) is 27.5. The molecule has 0 amide bonds. The largest absolute Gasteiger partial charge is 0.744 e. The zero-order valence-electron chi connectivity index (χ0n) is 17.0. The first-order chi connectivity index (χ1) is 15.0. The maximum atomic E-state index is 11.4. The van der Waals surface area contributed by atoms with Crippen LogP contribution in [0, 0.1) is 0 Å². The van der Waals surface area contributed by atoms with E-state index in [1.165, 1.54) is 30.4 Å². The topological polar surface area (TPSA) is 57.2 Å².